The number of phenols is 1. The highest BCUT2D eigenvalue weighted by atomic mass is 19.4. The summed E-state index contributed by atoms with van der Waals surface area (Å²) in [6.07, 6.45) is -8.09. The molecule has 0 radical (unpaired) electrons. The van der Waals surface area contributed by atoms with Gasteiger partial charge in [0.25, 0.3) is 12.3 Å². The van der Waals surface area contributed by atoms with Crippen molar-refractivity contribution in [1.29, 1.82) is 0 Å². The van der Waals surface area contributed by atoms with Crippen LogP contribution in [0.2, 0.25) is 0 Å². The van der Waals surface area contributed by atoms with E-state index in [1.54, 1.807) is 6.92 Å². The number of aromatic nitrogens is 3. The zero-order valence-corrected chi connectivity index (χ0v) is 15.2. The van der Waals surface area contributed by atoms with E-state index >= 15 is 0 Å². The van der Waals surface area contributed by atoms with Crippen molar-refractivity contribution in [2.24, 2.45) is 5.73 Å². The minimum Gasteiger partial charge on any atom is -0.508 e. The second-order valence-corrected chi connectivity index (χ2v) is 6.45. The Labute approximate surface area is 160 Å². The number of aryl methyl sites for hydroxylation is 1. The van der Waals surface area contributed by atoms with Crippen molar-refractivity contribution < 1.29 is 31.9 Å². The first-order chi connectivity index (χ1) is 13.4. The fourth-order valence-corrected chi connectivity index (χ4v) is 3.37. The SMILES string of the molecule is Cc1ccc(O)c(C)c1-n1c(N)c(C(N)=O)c2c(C(F)(F)F)nn(CC(F)F)c21. The zero-order chi connectivity index (χ0) is 21.8. The molecule has 0 unspecified atom stereocenters. The van der Waals surface area contributed by atoms with E-state index in [2.05, 4.69) is 5.10 Å². The Morgan fingerprint density at radius 1 is 1.28 bits per heavy atom. The van der Waals surface area contributed by atoms with E-state index in [0.29, 0.717) is 10.2 Å². The van der Waals surface area contributed by atoms with E-state index in [1.165, 1.54) is 19.1 Å². The third kappa shape index (κ3) is 3.13. The summed E-state index contributed by atoms with van der Waals surface area (Å²) in [6.45, 7) is 1.87. The predicted molar refractivity (Wildman–Crippen MR) is 94.1 cm³/mol. The van der Waals surface area contributed by atoms with Crippen molar-refractivity contribution >= 4 is 22.8 Å². The van der Waals surface area contributed by atoms with Crippen molar-refractivity contribution in [3.8, 4) is 11.4 Å². The molecule has 0 atom stereocenters. The van der Waals surface area contributed by atoms with E-state index in [1.807, 2.05) is 0 Å². The number of aromatic hydroxyl groups is 1. The standard InChI is InChI=1S/C17H16F5N5O2/c1-6-3-4-8(28)7(2)12(6)27-14(23)11(15(24)29)10-13(17(20,21)22)25-26(16(10)27)5-9(18)19/h3-4,9,28H,5,23H2,1-2H3,(H2,24,29). The normalized spacial score (nSPS) is 12.3. The number of nitrogen functional groups attached to an aromatic ring is 1. The molecule has 3 aromatic rings. The number of carbonyl (C=O) groups is 1. The fraction of sp³-hybridized carbons (Fsp3) is 0.294. The molecule has 3 rings (SSSR count). The van der Waals surface area contributed by atoms with Gasteiger partial charge in [0.1, 0.15) is 23.8 Å². The molecule has 29 heavy (non-hydrogen) atoms. The largest absolute Gasteiger partial charge is 0.508 e. The number of nitrogens with zero attached hydrogens (tertiary/aromatic N) is 3. The van der Waals surface area contributed by atoms with Gasteiger partial charge in [-0.1, -0.05) is 6.07 Å². The van der Waals surface area contributed by atoms with Crippen molar-refractivity contribution in [2.75, 3.05) is 5.73 Å². The van der Waals surface area contributed by atoms with Crippen molar-refractivity contribution in [1.82, 2.24) is 14.3 Å². The quantitative estimate of drug-likeness (QED) is 0.566. The van der Waals surface area contributed by atoms with Crippen LogP contribution < -0.4 is 11.5 Å². The van der Waals surface area contributed by atoms with Gasteiger partial charge in [-0.3, -0.25) is 9.36 Å². The summed E-state index contributed by atoms with van der Waals surface area (Å²) in [6, 6.07) is 2.82. The van der Waals surface area contributed by atoms with Crippen LogP contribution in [0.3, 0.4) is 0 Å². The molecule has 0 aliphatic heterocycles. The first-order valence-corrected chi connectivity index (χ1v) is 8.21. The second-order valence-electron chi connectivity index (χ2n) is 6.45. The van der Waals surface area contributed by atoms with Crippen LogP contribution in [0.1, 0.15) is 27.2 Å². The maximum absolute atomic E-state index is 13.6. The van der Waals surface area contributed by atoms with Crippen LogP contribution in [-0.4, -0.2) is 31.8 Å². The molecule has 0 bridgehead atoms. The molecule has 0 saturated carbocycles. The number of nitrogens with two attached hydrogens (primary N) is 2. The second kappa shape index (κ2) is 6.64. The third-order valence-corrected chi connectivity index (χ3v) is 4.54. The van der Waals surface area contributed by atoms with Gasteiger partial charge in [0.15, 0.2) is 5.69 Å². The minimum absolute atomic E-state index is 0.129. The number of fused-ring (bicyclic) bond motifs is 1. The summed E-state index contributed by atoms with van der Waals surface area (Å²) < 4.78 is 68.3. The molecule has 0 spiro atoms. The van der Waals surface area contributed by atoms with Gasteiger partial charge in [-0.05, 0) is 25.5 Å². The molecule has 2 aromatic heterocycles. The fourth-order valence-electron chi connectivity index (χ4n) is 3.37. The molecular formula is C17H16F5N5O2. The number of hydrogen-bond acceptors (Lipinski definition) is 4. The molecule has 7 nitrogen and oxygen atoms in total. The monoisotopic (exact) mass is 417 g/mol. The van der Waals surface area contributed by atoms with Crippen LogP contribution in [0.15, 0.2) is 12.1 Å². The highest BCUT2D eigenvalue weighted by Crippen LogP contribution is 2.42. The summed E-state index contributed by atoms with van der Waals surface area (Å²) in [4.78, 5) is 12.0. The number of alkyl halides is 5. The molecule has 2 heterocycles. The van der Waals surface area contributed by atoms with Gasteiger partial charge >= 0.3 is 6.18 Å². The highest BCUT2D eigenvalue weighted by Gasteiger charge is 2.41. The average molecular weight is 417 g/mol. The lowest BCUT2D eigenvalue weighted by atomic mass is 10.1. The van der Waals surface area contributed by atoms with Gasteiger partial charge in [0.05, 0.1) is 16.6 Å². The maximum atomic E-state index is 13.6. The number of phenolic OH excluding ortho intramolecular Hbond substituents is 1. The average Bonchev–Trinajstić information content (AvgIpc) is 3.06. The Hall–Kier alpha value is -3.31. The number of rotatable bonds is 4. The van der Waals surface area contributed by atoms with Gasteiger partial charge in [-0.15, -0.1) is 0 Å². The number of carbonyl (C=O) groups excluding carboxylic acids is 1. The summed E-state index contributed by atoms with van der Waals surface area (Å²) in [5, 5.41) is 12.6. The van der Waals surface area contributed by atoms with Gasteiger partial charge in [-0.2, -0.15) is 18.3 Å². The third-order valence-electron chi connectivity index (χ3n) is 4.54. The lowest BCUT2D eigenvalue weighted by molar-refractivity contribution is -0.140. The van der Waals surface area contributed by atoms with E-state index in [0.717, 1.165) is 4.57 Å². The van der Waals surface area contributed by atoms with Crippen LogP contribution in [0.4, 0.5) is 27.8 Å². The molecule has 156 valence electrons. The molecule has 5 N–H and O–H groups in total. The summed E-state index contributed by atoms with van der Waals surface area (Å²) in [5.41, 5.74) is 9.33. The highest BCUT2D eigenvalue weighted by molar-refractivity contribution is 6.12. The van der Waals surface area contributed by atoms with Gasteiger partial charge < -0.3 is 16.6 Å². The molecule has 0 fully saturated rings. The van der Waals surface area contributed by atoms with E-state index < -0.39 is 53.2 Å². The van der Waals surface area contributed by atoms with Crippen LogP contribution >= 0.6 is 0 Å². The first-order valence-electron chi connectivity index (χ1n) is 8.21. The van der Waals surface area contributed by atoms with E-state index in [-0.39, 0.29) is 17.0 Å². The number of primary amides is 1. The maximum Gasteiger partial charge on any atom is 0.435 e. The van der Waals surface area contributed by atoms with Crippen LogP contribution in [0, 0.1) is 13.8 Å². The number of benzene rings is 1. The van der Waals surface area contributed by atoms with Crippen molar-refractivity contribution in [3.63, 3.8) is 0 Å². The van der Waals surface area contributed by atoms with Gasteiger partial charge in [0.2, 0.25) is 0 Å². The molecule has 0 saturated heterocycles. The minimum atomic E-state index is -5.06. The zero-order valence-electron chi connectivity index (χ0n) is 15.2. The molecule has 12 heteroatoms. The molecule has 1 amide bonds. The van der Waals surface area contributed by atoms with Gasteiger partial charge in [-0.25, -0.2) is 13.5 Å². The first kappa shape index (κ1) is 20.4. The Bertz CT molecular complexity index is 1130. The molecule has 1 aromatic carbocycles. The molecule has 0 aliphatic carbocycles. The van der Waals surface area contributed by atoms with Crippen LogP contribution in [0.5, 0.6) is 5.75 Å². The van der Waals surface area contributed by atoms with Crippen molar-refractivity contribution in [3.05, 3.63) is 34.5 Å². The number of amides is 1. The Morgan fingerprint density at radius 3 is 2.41 bits per heavy atom. The van der Waals surface area contributed by atoms with Crippen molar-refractivity contribution in [2.45, 2.75) is 33.0 Å². The summed E-state index contributed by atoms with van der Waals surface area (Å²) >= 11 is 0. The van der Waals surface area contributed by atoms with E-state index in [9.17, 15) is 31.9 Å². The van der Waals surface area contributed by atoms with Crippen LogP contribution in [0.25, 0.3) is 16.7 Å². The predicted octanol–water partition coefficient (Wildman–Crippen LogP) is 3.11. The molecule has 0 aliphatic rings. The van der Waals surface area contributed by atoms with Crippen LogP contribution in [-0.2, 0) is 12.7 Å². The summed E-state index contributed by atoms with van der Waals surface area (Å²) in [7, 11) is 0. The smallest absolute Gasteiger partial charge is 0.435 e. The number of anilines is 1. The number of hydrogen-bond donors (Lipinski definition) is 3. The number of halogens is 5. The Morgan fingerprint density at radius 2 is 1.90 bits per heavy atom. The lowest BCUT2D eigenvalue weighted by Gasteiger charge is -2.16. The lowest BCUT2D eigenvalue weighted by Crippen LogP contribution is -2.17. The van der Waals surface area contributed by atoms with E-state index in [4.69, 9.17) is 11.5 Å². The van der Waals surface area contributed by atoms with Gasteiger partial charge in [0, 0.05) is 5.56 Å². The Kier molecular flexibility index (Phi) is 4.67. The molecular weight excluding hydrogens is 401 g/mol. The Balaban J connectivity index is 2.59. The summed E-state index contributed by atoms with van der Waals surface area (Å²) in [5.74, 6) is -1.96. The topological polar surface area (TPSA) is 112 Å².